The summed E-state index contributed by atoms with van der Waals surface area (Å²) in [7, 11) is 0. The molecule has 1 N–H and O–H groups in total. The Hall–Kier alpha value is -2.85. The van der Waals surface area contributed by atoms with Crippen LogP contribution in [0.2, 0.25) is 0 Å². The summed E-state index contributed by atoms with van der Waals surface area (Å²) in [6.45, 7) is 6.25. The van der Waals surface area contributed by atoms with Gasteiger partial charge in [0, 0.05) is 16.2 Å². The van der Waals surface area contributed by atoms with E-state index in [1.54, 1.807) is 18.0 Å². The maximum absolute atomic E-state index is 12.3. The van der Waals surface area contributed by atoms with E-state index in [0.29, 0.717) is 5.56 Å². The van der Waals surface area contributed by atoms with Crippen molar-refractivity contribution in [2.75, 3.05) is 0 Å². The molecule has 0 saturated carbocycles. The first kappa shape index (κ1) is 19.9. The third kappa shape index (κ3) is 5.11. The lowest BCUT2D eigenvalue weighted by atomic mass is 10.00. The number of amides is 1. The van der Waals surface area contributed by atoms with Gasteiger partial charge in [-0.1, -0.05) is 42.5 Å². The van der Waals surface area contributed by atoms with Gasteiger partial charge >= 0.3 is 0 Å². The number of nitrogens with one attached hydrogen (secondary N) is 1. The highest BCUT2D eigenvalue weighted by Crippen LogP contribution is 2.22. The minimum absolute atomic E-state index is 0.208. The standard InChI is InChI=1S/C24H24N2OS/c1-17-9-12-22(19(3)18(17)2)15-25-26-24(27)21-13-10-20(11-14-21)16-28-23-7-5-4-6-8-23/h4-15H,16H2,1-3H3,(H,26,27)/b25-15+. The van der Waals surface area contributed by atoms with E-state index in [-0.39, 0.29) is 5.91 Å². The Labute approximate surface area is 170 Å². The minimum atomic E-state index is -0.208. The molecule has 0 aliphatic rings. The molecule has 4 heteroatoms. The summed E-state index contributed by atoms with van der Waals surface area (Å²) >= 11 is 1.78. The maximum atomic E-state index is 12.3. The molecule has 0 saturated heterocycles. The molecule has 3 aromatic rings. The van der Waals surface area contributed by atoms with Gasteiger partial charge in [-0.2, -0.15) is 5.10 Å². The van der Waals surface area contributed by atoms with Gasteiger partial charge in [-0.25, -0.2) is 5.43 Å². The van der Waals surface area contributed by atoms with Crippen molar-refractivity contribution in [3.05, 3.63) is 100 Å². The van der Waals surface area contributed by atoms with E-state index in [9.17, 15) is 4.79 Å². The van der Waals surface area contributed by atoms with Crippen LogP contribution in [0.25, 0.3) is 0 Å². The van der Waals surface area contributed by atoms with Gasteiger partial charge in [0.2, 0.25) is 0 Å². The summed E-state index contributed by atoms with van der Waals surface area (Å²) < 4.78 is 0. The number of hydrogen-bond donors (Lipinski definition) is 1. The van der Waals surface area contributed by atoms with Crippen LogP contribution in [0.5, 0.6) is 0 Å². The van der Waals surface area contributed by atoms with Gasteiger partial charge in [0.1, 0.15) is 0 Å². The van der Waals surface area contributed by atoms with E-state index in [4.69, 9.17) is 0 Å². The molecule has 0 aliphatic heterocycles. The second-order valence-corrected chi connectivity index (χ2v) is 7.77. The molecule has 28 heavy (non-hydrogen) atoms. The Balaban J connectivity index is 1.57. The second kappa shape index (κ2) is 9.38. The Bertz CT molecular complexity index is 979. The molecule has 0 aliphatic carbocycles. The van der Waals surface area contributed by atoms with E-state index >= 15 is 0 Å². The number of benzene rings is 3. The monoisotopic (exact) mass is 388 g/mol. The smallest absolute Gasteiger partial charge is 0.267 e. The van der Waals surface area contributed by atoms with Crippen molar-refractivity contribution in [1.82, 2.24) is 5.43 Å². The Morgan fingerprint density at radius 2 is 1.64 bits per heavy atom. The highest BCUT2D eigenvalue weighted by molar-refractivity contribution is 7.98. The number of carbonyl (C=O) groups is 1. The number of carbonyl (C=O) groups excluding carboxylic acids is 1. The zero-order valence-electron chi connectivity index (χ0n) is 16.4. The molecule has 3 aromatic carbocycles. The number of nitrogens with zero attached hydrogens (tertiary/aromatic N) is 1. The van der Waals surface area contributed by atoms with Crippen molar-refractivity contribution in [3.8, 4) is 0 Å². The lowest BCUT2D eigenvalue weighted by molar-refractivity contribution is 0.0955. The van der Waals surface area contributed by atoms with Crippen LogP contribution in [0.4, 0.5) is 0 Å². The molecular formula is C24H24N2OS. The number of hydrogen-bond acceptors (Lipinski definition) is 3. The predicted octanol–water partition coefficient (Wildman–Crippen LogP) is 5.67. The molecule has 0 aromatic heterocycles. The summed E-state index contributed by atoms with van der Waals surface area (Å²) in [5, 5.41) is 4.12. The van der Waals surface area contributed by atoms with Gasteiger partial charge in [0.25, 0.3) is 5.91 Å². The van der Waals surface area contributed by atoms with Crippen LogP contribution in [0.3, 0.4) is 0 Å². The molecule has 0 unspecified atom stereocenters. The normalized spacial score (nSPS) is 11.0. The minimum Gasteiger partial charge on any atom is -0.267 e. The predicted molar refractivity (Wildman–Crippen MR) is 118 cm³/mol. The Kier molecular flexibility index (Phi) is 6.66. The zero-order valence-corrected chi connectivity index (χ0v) is 17.2. The first-order valence-corrected chi connectivity index (χ1v) is 10.2. The molecule has 0 fully saturated rings. The fraction of sp³-hybridized carbons (Fsp3) is 0.167. The quantitative estimate of drug-likeness (QED) is 0.336. The van der Waals surface area contributed by atoms with Crippen LogP contribution < -0.4 is 5.43 Å². The lowest BCUT2D eigenvalue weighted by Crippen LogP contribution is -2.17. The van der Waals surface area contributed by atoms with E-state index < -0.39 is 0 Å². The summed E-state index contributed by atoms with van der Waals surface area (Å²) in [6.07, 6.45) is 1.70. The summed E-state index contributed by atoms with van der Waals surface area (Å²) in [6, 6.07) is 22.0. The molecule has 0 spiro atoms. The van der Waals surface area contributed by atoms with Gasteiger partial charge in [-0.15, -0.1) is 11.8 Å². The summed E-state index contributed by atoms with van der Waals surface area (Å²) in [5.41, 5.74) is 9.08. The van der Waals surface area contributed by atoms with E-state index in [1.807, 2.05) is 48.5 Å². The van der Waals surface area contributed by atoms with Crippen molar-refractivity contribution in [1.29, 1.82) is 0 Å². The van der Waals surface area contributed by atoms with Crippen LogP contribution >= 0.6 is 11.8 Å². The van der Waals surface area contributed by atoms with E-state index in [1.165, 1.54) is 27.1 Å². The third-order valence-electron chi connectivity index (χ3n) is 4.83. The average Bonchev–Trinajstić information content (AvgIpc) is 2.73. The molecule has 0 heterocycles. The Morgan fingerprint density at radius 1 is 0.929 bits per heavy atom. The fourth-order valence-electron chi connectivity index (χ4n) is 2.78. The fourth-order valence-corrected chi connectivity index (χ4v) is 3.65. The third-order valence-corrected chi connectivity index (χ3v) is 5.92. The topological polar surface area (TPSA) is 41.5 Å². The van der Waals surface area contributed by atoms with Gasteiger partial charge in [-0.3, -0.25) is 4.79 Å². The van der Waals surface area contributed by atoms with Crippen molar-refractivity contribution in [3.63, 3.8) is 0 Å². The highest BCUT2D eigenvalue weighted by Gasteiger charge is 2.05. The van der Waals surface area contributed by atoms with Gasteiger partial charge in [0.15, 0.2) is 0 Å². The van der Waals surface area contributed by atoms with Crippen molar-refractivity contribution in [2.24, 2.45) is 5.10 Å². The number of hydrazone groups is 1. The summed E-state index contributed by atoms with van der Waals surface area (Å²) in [4.78, 5) is 13.5. The van der Waals surface area contributed by atoms with Gasteiger partial charge < -0.3 is 0 Å². The molecule has 0 bridgehead atoms. The maximum Gasteiger partial charge on any atom is 0.271 e. The molecule has 0 atom stereocenters. The van der Waals surface area contributed by atoms with E-state index in [0.717, 1.165) is 11.3 Å². The van der Waals surface area contributed by atoms with Crippen LogP contribution in [-0.4, -0.2) is 12.1 Å². The number of thioether (sulfide) groups is 1. The van der Waals surface area contributed by atoms with Crippen molar-refractivity contribution >= 4 is 23.9 Å². The number of aryl methyl sites for hydroxylation is 1. The first-order chi connectivity index (χ1) is 13.5. The second-order valence-electron chi connectivity index (χ2n) is 6.72. The van der Waals surface area contributed by atoms with Gasteiger partial charge in [0.05, 0.1) is 6.21 Å². The van der Waals surface area contributed by atoms with Crippen molar-refractivity contribution in [2.45, 2.75) is 31.4 Å². The highest BCUT2D eigenvalue weighted by atomic mass is 32.2. The molecular weight excluding hydrogens is 364 g/mol. The first-order valence-electron chi connectivity index (χ1n) is 9.21. The molecule has 3 nitrogen and oxygen atoms in total. The molecule has 1 amide bonds. The van der Waals surface area contributed by atoms with Crippen LogP contribution in [-0.2, 0) is 5.75 Å². The molecule has 0 radical (unpaired) electrons. The SMILES string of the molecule is Cc1ccc(/C=N/NC(=O)c2ccc(CSc3ccccc3)cc2)c(C)c1C. The van der Waals surface area contributed by atoms with Crippen LogP contribution in [0.1, 0.15) is 38.2 Å². The summed E-state index contributed by atoms with van der Waals surface area (Å²) in [5.74, 6) is 0.663. The average molecular weight is 389 g/mol. The molecule has 142 valence electrons. The van der Waals surface area contributed by atoms with Gasteiger partial charge in [-0.05, 0) is 72.9 Å². The lowest BCUT2D eigenvalue weighted by Gasteiger charge is -2.07. The van der Waals surface area contributed by atoms with Crippen LogP contribution in [0, 0.1) is 20.8 Å². The molecule has 3 rings (SSSR count). The van der Waals surface area contributed by atoms with Crippen LogP contribution in [0.15, 0.2) is 76.7 Å². The number of rotatable bonds is 6. The zero-order chi connectivity index (χ0) is 19.9. The van der Waals surface area contributed by atoms with E-state index in [2.05, 4.69) is 49.5 Å². The van der Waals surface area contributed by atoms with Crippen molar-refractivity contribution < 1.29 is 4.79 Å². The Morgan fingerprint density at radius 3 is 2.36 bits per heavy atom. The largest absolute Gasteiger partial charge is 0.271 e.